The third-order valence-corrected chi connectivity index (χ3v) is 15.2. The molecular weight excluding hydrogens is 1000 g/mol. The van der Waals surface area contributed by atoms with E-state index in [9.17, 15) is 28.9 Å². The number of hydrogen-bond donors (Lipinski definition) is 2. The van der Waals surface area contributed by atoms with Crippen molar-refractivity contribution in [2.45, 2.75) is 328 Å². The van der Waals surface area contributed by atoms with E-state index in [-0.39, 0.29) is 25.9 Å². The lowest BCUT2D eigenvalue weighted by Gasteiger charge is -2.21. The standard InChI is InChI=1S/C66H121O11P/c1-4-7-10-13-16-19-22-25-27-29-31-33-35-38-41-44-47-50-53-56-65(69)76-62(58-67)60-74-78(71,72)75-61-63(59-73-64(68)55-52-49-46-43-40-37-24-21-18-15-12-9-6-3)77-66(70)57-54-51-48-45-42-39-36-34-32-30-28-26-23-20-17-14-11-8-5-2/h8,11,17,20,26,28,32,34,62-63,67H,4-7,9-10,12-16,18-19,21-25,27,29-31,33,35-61H2,1-3H3,(H,71,72)/b11-8-,20-17-,28-26-,34-32-. The SMILES string of the molecule is CC/C=C\C/C=C\C/C=C\C/C=C\CCCCCCCCC(=O)OC(COC(=O)CCCCCCCCCCCCCCC)COP(=O)(O)OCC(CO)OC(=O)CCCCCCCCCCCCCCCCCCCCC. The molecule has 0 bridgehead atoms. The van der Waals surface area contributed by atoms with Crippen molar-refractivity contribution in [3.63, 3.8) is 0 Å². The van der Waals surface area contributed by atoms with Gasteiger partial charge < -0.3 is 24.2 Å². The lowest BCUT2D eigenvalue weighted by molar-refractivity contribution is -0.161. The summed E-state index contributed by atoms with van der Waals surface area (Å²) in [5.74, 6) is -1.46. The van der Waals surface area contributed by atoms with Crippen molar-refractivity contribution < 1.29 is 52.2 Å². The summed E-state index contributed by atoms with van der Waals surface area (Å²) in [4.78, 5) is 48.7. The number of esters is 3. The van der Waals surface area contributed by atoms with Crippen LogP contribution in [0.5, 0.6) is 0 Å². The van der Waals surface area contributed by atoms with E-state index in [1.165, 1.54) is 154 Å². The van der Waals surface area contributed by atoms with Gasteiger partial charge in [0.1, 0.15) is 12.7 Å². The molecule has 0 aliphatic rings. The zero-order valence-corrected chi connectivity index (χ0v) is 51.5. The van der Waals surface area contributed by atoms with Crippen LogP contribution in [0.2, 0.25) is 0 Å². The number of allylic oxidation sites excluding steroid dienone is 8. The molecule has 0 saturated heterocycles. The van der Waals surface area contributed by atoms with E-state index >= 15 is 0 Å². The number of aliphatic hydroxyl groups is 1. The summed E-state index contributed by atoms with van der Waals surface area (Å²) < 4.78 is 39.7. The molecule has 0 heterocycles. The van der Waals surface area contributed by atoms with E-state index in [1.807, 2.05) is 0 Å². The molecule has 12 heteroatoms. The highest BCUT2D eigenvalue weighted by Crippen LogP contribution is 2.43. The zero-order valence-electron chi connectivity index (χ0n) is 50.6. The quantitative estimate of drug-likeness (QED) is 0.0197. The second-order valence-electron chi connectivity index (χ2n) is 21.9. The fourth-order valence-corrected chi connectivity index (χ4v) is 10.1. The van der Waals surface area contributed by atoms with Crippen LogP contribution in [0, 0.1) is 0 Å². The van der Waals surface area contributed by atoms with Gasteiger partial charge in [-0.1, -0.05) is 288 Å². The Bertz CT molecular complexity index is 1490. The predicted molar refractivity (Wildman–Crippen MR) is 325 cm³/mol. The van der Waals surface area contributed by atoms with Gasteiger partial charge in [0, 0.05) is 19.3 Å². The minimum atomic E-state index is -4.75. The van der Waals surface area contributed by atoms with E-state index in [0.29, 0.717) is 19.3 Å². The van der Waals surface area contributed by atoms with Gasteiger partial charge in [0.15, 0.2) is 6.10 Å². The molecule has 0 rings (SSSR count). The molecule has 0 radical (unpaired) electrons. The average molecular weight is 1120 g/mol. The Hall–Kier alpha value is -2.56. The number of carbonyl (C=O) groups is 3. The van der Waals surface area contributed by atoms with Crippen molar-refractivity contribution in [2.24, 2.45) is 0 Å². The highest BCUT2D eigenvalue weighted by Gasteiger charge is 2.28. The van der Waals surface area contributed by atoms with Crippen LogP contribution in [0.4, 0.5) is 0 Å². The molecule has 2 N–H and O–H groups in total. The molecule has 0 spiro atoms. The van der Waals surface area contributed by atoms with E-state index in [1.54, 1.807) is 0 Å². The van der Waals surface area contributed by atoms with Crippen LogP contribution >= 0.6 is 7.82 Å². The number of unbranched alkanes of at least 4 members (excludes halogenated alkanes) is 36. The fourth-order valence-electron chi connectivity index (χ4n) is 9.35. The van der Waals surface area contributed by atoms with Gasteiger partial charge in [0.05, 0.1) is 19.8 Å². The number of ether oxygens (including phenoxy) is 3. The first kappa shape index (κ1) is 75.4. The average Bonchev–Trinajstić information content (AvgIpc) is 3.43. The maximum Gasteiger partial charge on any atom is 0.472 e. The summed E-state index contributed by atoms with van der Waals surface area (Å²) >= 11 is 0. The van der Waals surface area contributed by atoms with Crippen LogP contribution in [0.15, 0.2) is 48.6 Å². The molecule has 0 amide bonds. The lowest BCUT2D eigenvalue weighted by atomic mass is 10.0. The third-order valence-electron chi connectivity index (χ3n) is 14.3. The first-order chi connectivity index (χ1) is 38.2. The summed E-state index contributed by atoms with van der Waals surface area (Å²) in [6, 6.07) is 0. The number of phosphoric ester groups is 1. The molecule has 0 aromatic rings. The summed E-state index contributed by atoms with van der Waals surface area (Å²) in [5, 5.41) is 9.86. The first-order valence-corrected chi connectivity index (χ1v) is 34.0. The molecule has 0 fully saturated rings. The Balaban J connectivity index is 4.63. The van der Waals surface area contributed by atoms with Crippen molar-refractivity contribution in [3.05, 3.63) is 48.6 Å². The van der Waals surface area contributed by atoms with Gasteiger partial charge in [-0.15, -0.1) is 0 Å². The number of phosphoric acid groups is 1. The summed E-state index contributed by atoms with van der Waals surface area (Å²) in [5.41, 5.74) is 0. The highest BCUT2D eigenvalue weighted by atomic mass is 31.2. The first-order valence-electron chi connectivity index (χ1n) is 32.5. The Morgan fingerprint density at radius 3 is 1.03 bits per heavy atom. The van der Waals surface area contributed by atoms with Crippen molar-refractivity contribution >= 4 is 25.7 Å². The van der Waals surface area contributed by atoms with Crippen LogP contribution < -0.4 is 0 Å². The smallest absolute Gasteiger partial charge is 0.462 e. The Morgan fingerprint density at radius 2 is 0.667 bits per heavy atom. The summed E-state index contributed by atoms with van der Waals surface area (Å²) in [6.07, 6.45) is 66.3. The van der Waals surface area contributed by atoms with Gasteiger partial charge in [-0.3, -0.25) is 23.4 Å². The number of aliphatic hydroxyl groups excluding tert-OH is 1. The van der Waals surface area contributed by atoms with Crippen LogP contribution in [0.25, 0.3) is 0 Å². The number of carbonyl (C=O) groups excluding carboxylic acids is 3. The van der Waals surface area contributed by atoms with Crippen molar-refractivity contribution in [2.75, 3.05) is 26.4 Å². The minimum absolute atomic E-state index is 0.154. The fraction of sp³-hybridized carbons (Fsp3) is 0.833. The maximum absolute atomic E-state index is 13.0. The molecule has 0 aromatic carbocycles. The number of hydrogen-bond acceptors (Lipinski definition) is 10. The van der Waals surface area contributed by atoms with E-state index in [4.69, 9.17) is 23.3 Å². The van der Waals surface area contributed by atoms with E-state index in [0.717, 1.165) is 103 Å². The number of rotatable bonds is 61. The zero-order chi connectivity index (χ0) is 56.9. The molecule has 3 unspecified atom stereocenters. The highest BCUT2D eigenvalue weighted by molar-refractivity contribution is 7.47. The second-order valence-corrected chi connectivity index (χ2v) is 23.4. The van der Waals surface area contributed by atoms with Crippen molar-refractivity contribution in [1.82, 2.24) is 0 Å². The van der Waals surface area contributed by atoms with E-state index in [2.05, 4.69) is 69.4 Å². The van der Waals surface area contributed by atoms with Crippen LogP contribution in [-0.2, 0) is 42.2 Å². The van der Waals surface area contributed by atoms with Crippen LogP contribution in [0.1, 0.15) is 316 Å². The van der Waals surface area contributed by atoms with Gasteiger partial charge in [-0.2, -0.15) is 0 Å². The molecule has 3 atom stereocenters. The Morgan fingerprint density at radius 1 is 0.372 bits per heavy atom. The van der Waals surface area contributed by atoms with Gasteiger partial charge in [0.25, 0.3) is 0 Å². The van der Waals surface area contributed by atoms with Gasteiger partial charge >= 0.3 is 25.7 Å². The van der Waals surface area contributed by atoms with Crippen LogP contribution in [0.3, 0.4) is 0 Å². The van der Waals surface area contributed by atoms with Crippen molar-refractivity contribution in [1.29, 1.82) is 0 Å². The molecule has 0 aromatic heterocycles. The monoisotopic (exact) mass is 1120 g/mol. The summed E-state index contributed by atoms with van der Waals surface area (Å²) in [7, 11) is -4.75. The Labute approximate surface area is 479 Å². The molecule has 0 aliphatic carbocycles. The van der Waals surface area contributed by atoms with Gasteiger partial charge in [-0.25, -0.2) is 4.57 Å². The Kier molecular flexibility index (Phi) is 58.5. The van der Waals surface area contributed by atoms with Crippen molar-refractivity contribution in [3.8, 4) is 0 Å². The molecule has 0 saturated carbocycles. The molecular formula is C66H121O11P. The normalized spacial score (nSPS) is 13.6. The minimum Gasteiger partial charge on any atom is -0.462 e. The largest absolute Gasteiger partial charge is 0.472 e. The molecule has 78 heavy (non-hydrogen) atoms. The van der Waals surface area contributed by atoms with Gasteiger partial charge in [0.2, 0.25) is 0 Å². The maximum atomic E-state index is 13.0. The topological polar surface area (TPSA) is 155 Å². The molecule has 11 nitrogen and oxygen atoms in total. The summed E-state index contributed by atoms with van der Waals surface area (Å²) in [6.45, 7) is 4.58. The van der Waals surface area contributed by atoms with Crippen LogP contribution in [-0.4, -0.2) is 66.5 Å². The molecule has 0 aliphatic heterocycles. The predicted octanol–water partition coefficient (Wildman–Crippen LogP) is 19.7. The second kappa shape index (κ2) is 60.5. The molecule has 456 valence electrons. The van der Waals surface area contributed by atoms with Gasteiger partial charge in [-0.05, 0) is 57.8 Å². The lowest BCUT2D eigenvalue weighted by Crippen LogP contribution is -2.30. The van der Waals surface area contributed by atoms with E-state index < -0.39 is 57.8 Å². The third kappa shape index (κ3) is 58.1.